The molecule has 1 aromatic heterocycles. The summed E-state index contributed by atoms with van der Waals surface area (Å²) in [7, 11) is 3.38. The summed E-state index contributed by atoms with van der Waals surface area (Å²) in [6.45, 7) is 5.97. The van der Waals surface area contributed by atoms with Crippen LogP contribution in [0.15, 0.2) is 30.3 Å². The lowest BCUT2D eigenvalue weighted by molar-refractivity contribution is 0.0736. The van der Waals surface area contributed by atoms with Gasteiger partial charge in [0.05, 0.1) is 13.2 Å². The minimum atomic E-state index is -0.186. The first-order valence-corrected chi connectivity index (χ1v) is 7.89. The molecular weight excluding hydrogens is 304 g/mol. The molecule has 0 saturated carbocycles. The van der Waals surface area contributed by atoms with Crippen LogP contribution in [0.1, 0.15) is 54.5 Å². The van der Waals surface area contributed by atoms with Gasteiger partial charge >= 0.3 is 0 Å². The van der Waals surface area contributed by atoms with Crippen LogP contribution in [-0.2, 0) is 0 Å². The first kappa shape index (κ1) is 17.7. The molecule has 0 spiro atoms. The van der Waals surface area contributed by atoms with Gasteiger partial charge in [0.2, 0.25) is 5.95 Å². The van der Waals surface area contributed by atoms with Crippen molar-refractivity contribution in [3.63, 3.8) is 0 Å². The van der Waals surface area contributed by atoms with E-state index in [4.69, 9.17) is 10.5 Å². The number of benzene rings is 1. The molecule has 6 heteroatoms. The third kappa shape index (κ3) is 3.82. The maximum Gasteiger partial charge on any atom is 0.272 e. The van der Waals surface area contributed by atoms with E-state index < -0.39 is 0 Å². The van der Waals surface area contributed by atoms with Crippen LogP contribution in [0.5, 0.6) is 5.75 Å². The number of ether oxygens (including phenoxy) is 1. The second kappa shape index (κ2) is 7.29. The van der Waals surface area contributed by atoms with E-state index in [1.165, 1.54) is 0 Å². The number of nitrogens with zero attached hydrogens (tertiary/aromatic N) is 3. The molecule has 6 nitrogen and oxygen atoms in total. The molecular formula is C18H24N4O2. The van der Waals surface area contributed by atoms with Crippen molar-refractivity contribution in [2.75, 3.05) is 19.9 Å². The molecule has 24 heavy (non-hydrogen) atoms. The summed E-state index contributed by atoms with van der Waals surface area (Å²) >= 11 is 0. The van der Waals surface area contributed by atoms with Crippen molar-refractivity contribution < 1.29 is 9.53 Å². The van der Waals surface area contributed by atoms with Gasteiger partial charge in [-0.2, -0.15) is 0 Å². The van der Waals surface area contributed by atoms with Gasteiger partial charge in [-0.15, -0.1) is 0 Å². The number of hydrogen-bond donors (Lipinski definition) is 1. The monoisotopic (exact) mass is 328 g/mol. The number of aromatic nitrogens is 2. The molecule has 0 aliphatic rings. The topological polar surface area (TPSA) is 81.3 Å². The summed E-state index contributed by atoms with van der Waals surface area (Å²) in [6.07, 6.45) is 0. The average Bonchev–Trinajstić information content (AvgIpc) is 2.59. The summed E-state index contributed by atoms with van der Waals surface area (Å²) < 4.78 is 5.16. The number of carbonyl (C=O) groups excluding carboxylic acids is 1. The van der Waals surface area contributed by atoms with Gasteiger partial charge in [0.25, 0.3) is 5.91 Å². The van der Waals surface area contributed by atoms with E-state index in [9.17, 15) is 4.79 Å². The zero-order chi connectivity index (χ0) is 17.9. The number of carbonyl (C=O) groups is 1. The molecule has 2 aromatic rings. The minimum absolute atomic E-state index is 0.109. The molecule has 0 aliphatic carbocycles. The number of hydrogen-bond acceptors (Lipinski definition) is 5. The minimum Gasteiger partial charge on any atom is -0.497 e. The van der Waals surface area contributed by atoms with Crippen molar-refractivity contribution in [3.05, 3.63) is 47.3 Å². The molecule has 0 fully saturated rings. The van der Waals surface area contributed by atoms with Crippen LogP contribution in [0, 0.1) is 0 Å². The van der Waals surface area contributed by atoms with E-state index in [1.807, 2.05) is 45.0 Å². The van der Waals surface area contributed by atoms with Gasteiger partial charge < -0.3 is 15.4 Å². The first-order valence-electron chi connectivity index (χ1n) is 7.89. The predicted molar refractivity (Wildman–Crippen MR) is 94.0 cm³/mol. The SMILES string of the molecule is COc1ccc([C@H](C)N(C)C(=O)c2cc(C(C)C)nc(N)n2)cc1. The van der Waals surface area contributed by atoms with E-state index in [2.05, 4.69) is 9.97 Å². The Morgan fingerprint density at radius 1 is 1.17 bits per heavy atom. The molecule has 2 N–H and O–H groups in total. The normalized spacial score (nSPS) is 12.1. The predicted octanol–water partition coefficient (Wildman–Crippen LogP) is 3.02. The molecule has 1 amide bonds. The number of anilines is 1. The zero-order valence-corrected chi connectivity index (χ0v) is 14.8. The number of nitrogens with two attached hydrogens (primary N) is 1. The van der Waals surface area contributed by atoms with Gasteiger partial charge in [0, 0.05) is 12.7 Å². The van der Waals surface area contributed by atoms with Crippen molar-refractivity contribution in [3.8, 4) is 5.75 Å². The number of amides is 1. The fourth-order valence-electron chi connectivity index (χ4n) is 2.35. The van der Waals surface area contributed by atoms with Crippen LogP contribution in [0.3, 0.4) is 0 Å². The molecule has 0 unspecified atom stereocenters. The highest BCUT2D eigenvalue weighted by Crippen LogP contribution is 2.23. The molecule has 1 atom stereocenters. The van der Waals surface area contributed by atoms with Crippen molar-refractivity contribution in [1.82, 2.24) is 14.9 Å². The molecule has 0 radical (unpaired) electrons. The summed E-state index contributed by atoms with van der Waals surface area (Å²) in [6, 6.07) is 9.25. The van der Waals surface area contributed by atoms with Crippen LogP contribution < -0.4 is 10.5 Å². The van der Waals surface area contributed by atoms with Crippen LogP contribution in [0.2, 0.25) is 0 Å². The summed E-state index contributed by atoms with van der Waals surface area (Å²) in [5, 5.41) is 0. The van der Waals surface area contributed by atoms with Crippen LogP contribution >= 0.6 is 0 Å². The van der Waals surface area contributed by atoms with Crippen molar-refractivity contribution in [1.29, 1.82) is 0 Å². The number of nitrogen functional groups attached to an aromatic ring is 1. The Morgan fingerprint density at radius 3 is 2.33 bits per heavy atom. The van der Waals surface area contributed by atoms with Gasteiger partial charge in [0.15, 0.2) is 0 Å². The second-order valence-electron chi connectivity index (χ2n) is 6.06. The lowest BCUT2D eigenvalue weighted by Crippen LogP contribution is -2.30. The zero-order valence-electron chi connectivity index (χ0n) is 14.8. The second-order valence-corrected chi connectivity index (χ2v) is 6.06. The van der Waals surface area contributed by atoms with Gasteiger partial charge in [-0.25, -0.2) is 9.97 Å². The Bertz CT molecular complexity index is 713. The fraction of sp³-hybridized carbons (Fsp3) is 0.389. The number of methoxy groups -OCH3 is 1. The highest BCUT2D eigenvalue weighted by Gasteiger charge is 2.21. The lowest BCUT2D eigenvalue weighted by Gasteiger charge is -2.25. The molecule has 1 heterocycles. The highest BCUT2D eigenvalue weighted by molar-refractivity contribution is 5.92. The molecule has 0 saturated heterocycles. The van der Waals surface area contributed by atoms with Gasteiger partial charge in [-0.3, -0.25) is 4.79 Å². The summed E-state index contributed by atoms with van der Waals surface area (Å²) in [5.74, 6) is 0.889. The molecule has 1 aromatic carbocycles. The van der Waals surface area contributed by atoms with E-state index in [0.29, 0.717) is 5.69 Å². The largest absolute Gasteiger partial charge is 0.497 e. The van der Waals surface area contributed by atoms with Gasteiger partial charge in [0.1, 0.15) is 11.4 Å². The van der Waals surface area contributed by atoms with E-state index >= 15 is 0 Å². The van der Waals surface area contributed by atoms with Gasteiger partial charge in [-0.1, -0.05) is 26.0 Å². The van der Waals surface area contributed by atoms with Crippen LogP contribution in [-0.4, -0.2) is 34.9 Å². The molecule has 128 valence electrons. The molecule has 2 rings (SSSR count). The molecule has 0 bridgehead atoms. The average molecular weight is 328 g/mol. The van der Waals surface area contributed by atoms with Gasteiger partial charge in [-0.05, 0) is 36.6 Å². The number of rotatable bonds is 5. The van der Waals surface area contributed by atoms with Crippen molar-refractivity contribution in [2.45, 2.75) is 32.7 Å². The van der Waals surface area contributed by atoms with E-state index in [0.717, 1.165) is 17.0 Å². The smallest absolute Gasteiger partial charge is 0.272 e. The van der Waals surface area contributed by atoms with E-state index in [1.54, 1.807) is 25.1 Å². The Morgan fingerprint density at radius 2 is 1.79 bits per heavy atom. The summed E-state index contributed by atoms with van der Waals surface area (Å²) in [5.41, 5.74) is 7.83. The Kier molecular flexibility index (Phi) is 5.39. The Hall–Kier alpha value is -2.63. The third-order valence-corrected chi connectivity index (χ3v) is 4.07. The lowest BCUT2D eigenvalue weighted by atomic mass is 10.1. The quantitative estimate of drug-likeness (QED) is 0.912. The Labute approximate surface area is 142 Å². The Balaban J connectivity index is 2.24. The van der Waals surface area contributed by atoms with E-state index in [-0.39, 0.29) is 23.8 Å². The van der Waals surface area contributed by atoms with Crippen molar-refractivity contribution in [2.24, 2.45) is 0 Å². The molecule has 0 aliphatic heterocycles. The summed E-state index contributed by atoms with van der Waals surface area (Å²) in [4.78, 5) is 22.7. The first-order chi connectivity index (χ1) is 11.3. The third-order valence-electron chi connectivity index (χ3n) is 4.07. The maximum absolute atomic E-state index is 12.8. The fourth-order valence-corrected chi connectivity index (χ4v) is 2.35. The standard InChI is InChI=1S/C18H24N4O2/c1-11(2)15-10-16(21-18(19)20-15)17(23)22(4)12(3)13-6-8-14(24-5)9-7-13/h6-12H,1-5H3,(H2,19,20,21)/t12-/m0/s1. The maximum atomic E-state index is 12.8. The van der Waals surface area contributed by atoms with Crippen LogP contribution in [0.4, 0.5) is 5.95 Å². The highest BCUT2D eigenvalue weighted by atomic mass is 16.5. The van der Waals surface area contributed by atoms with Crippen molar-refractivity contribution >= 4 is 11.9 Å². The van der Waals surface area contributed by atoms with Crippen LogP contribution in [0.25, 0.3) is 0 Å².